The molecule has 0 unspecified atom stereocenters. The Bertz CT molecular complexity index is 781. The third kappa shape index (κ3) is 3.03. The van der Waals surface area contributed by atoms with Crippen molar-refractivity contribution >= 4 is 11.6 Å². The van der Waals surface area contributed by atoms with E-state index in [1.807, 2.05) is 55.5 Å². The molecule has 0 atom stereocenters. The molecule has 0 amide bonds. The summed E-state index contributed by atoms with van der Waals surface area (Å²) in [7, 11) is 0. The van der Waals surface area contributed by atoms with E-state index in [2.05, 4.69) is 10.3 Å². The molecule has 0 saturated heterocycles. The molecular formula is C17H16ClN3O. The normalized spacial score (nSPS) is 10.9. The summed E-state index contributed by atoms with van der Waals surface area (Å²) in [4.78, 5) is 0. The number of halogens is 1. The lowest BCUT2D eigenvalue weighted by atomic mass is 10.1. The third-order valence-electron chi connectivity index (χ3n) is 3.50. The number of hydrogen-bond donors (Lipinski definition) is 1. The van der Waals surface area contributed by atoms with E-state index in [1.165, 1.54) is 5.56 Å². The van der Waals surface area contributed by atoms with Crippen LogP contribution in [0.4, 0.5) is 0 Å². The fraction of sp³-hybridized carbons (Fsp3) is 0.176. The first kappa shape index (κ1) is 14.8. The summed E-state index contributed by atoms with van der Waals surface area (Å²) in [5, 5.41) is 18.5. The average Bonchev–Trinajstić information content (AvgIpc) is 2.91. The average molecular weight is 314 g/mol. The van der Waals surface area contributed by atoms with E-state index in [9.17, 15) is 5.11 Å². The predicted molar refractivity (Wildman–Crippen MR) is 86.7 cm³/mol. The molecule has 0 bridgehead atoms. The van der Waals surface area contributed by atoms with Gasteiger partial charge in [-0.2, -0.15) is 0 Å². The van der Waals surface area contributed by atoms with Crippen LogP contribution >= 0.6 is 11.6 Å². The zero-order valence-electron chi connectivity index (χ0n) is 12.2. The van der Waals surface area contributed by atoms with Crippen molar-refractivity contribution in [2.24, 2.45) is 0 Å². The van der Waals surface area contributed by atoms with Crippen LogP contribution in [-0.4, -0.2) is 20.1 Å². The number of aryl methyl sites for hydroxylation is 1. The highest BCUT2D eigenvalue weighted by atomic mass is 35.5. The van der Waals surface area contributed by atoms with Crippen LogP contribution in [0.5, 0.6) is 0 Å². The van der Waals surface area contributed by atoms with Gasteiger partial charge in [0.1, 0.15) is 5.69 Å². The van der Waals surface area contributed by atoms with Crippen LogP contribution in [0.1, 0.15) is 16.8 Å². The monoisotopic (exact) mass is 313 g/mol. The Balaban J connectivity index is 2.02. The van der Waals surface area contributed by atoms with Crippen LogP contribution in [-0.2, 0) is 13.2 Å². The number of aliphatic hydroxyl groups excluding tert-OH is 1. The van der Waals surface area contributed by atoms with Gasteiger partial charge in [-0.05, 0) is 24.6 Å². The second-order valence-corrected chi connectivity index (χ2v) is 5.63. The summed E-state index contributed by atoms with van der Waals surface area (Å²) < 4.78 is 1.79. The van der Waals surface area contributed by atoms with Crippen LogP contribution in [0.2, 0.25) is 5.02 Å². The minimum atomic E-state index is -0.140. The Hall–Kier alpha value is -2.17. The van der Waals surface area contributed by atoms with Gasteiger partial charge < -0.3 is 5.11 Å². The zero-order chi connectivity index (χ0) is 15.5. The molecule has 0 fully saturated rings. The van der Waals surface area contributed by atoms with Crippen molar-refractivity contribution in [1.29, 1.82) is 0 Å². The molecule has 0 aliphatic rings. The molecular weight excluding hydrogens is 298 g/mol. The lowest BCUT2D eigenvalue weighted by Gasteiger charge is -2.09. The SMILES string of the molecule is Cc1ccc(-c2c(CO)nnn2Cc2cccc(Cl)c2)cc1. The van der Waals surface area contributed by atoms with E-state index in [1.54, 1.807) is 4.68 Å². The van der Waals surface area contributed by atoms with Gasteiger partial charge in [0.15, 0.2) is 0 Å². The Labute approximate surface area is 134 Å². The van der Waals surface area contributed by atoms with Gasteiger partial charge in [0.25, 0.3) is 0 Å². The van der Waals surface area contributed by atoms with Crippen LogP contribution in [0.3, 0.4) is 0 Å². The highest BCUT2D eigenvalue weighted by Gasteiger charge is 2.14. The molecule has 1 N–H and O–H groups in total. The number of aromatic nitrogens is 3. The van der Waals surface area contributed by atoms with Crippen LogP contribution in [0.25, 0.3) is 11.3 Å². The maximum atomic E-state index is 9.52. The highest BCUT2D eigenvalue weighted by Crippen LogP contribution is 2.24. The largest absolute Gasteiger partial charge is 0.390 e. The first-order valence-electron chi connectivity index (χ1n) is 7.02. The first-order chi connectivity index (χ1) is 10.7. The molecule has 0 spiro atoms. The van der Waals surface area contributed by atoms with E-state index < -0.39 is 0 Å². The molecule has 2 aromatic carbocycles. The van der Waals surface area contributed by atoms with Crippen molar-refractivity contribution < 1.29 is 5.11 Å². The van der Waals surface area contributed by atoms with Crippen molar-refractivity contribution in [1.82, 2.24) is 15.0 Å². The second-order valence-electron chi connectivity index (χ2n) is 5.20. The van der Waals surface area contributed by atoms with Gasteiger partial charge in [-0.1, -0.05) is 58.8 Å². The molecule has 0 saturated carbocycles. The Morgan fingerprint density at radius 1 is 1.14 bits per heavy atom. The van der Waals surface area contributed by atoms with Gasteiger partial charge >= 0.3 is 0 Å². The second kappa shape index (κ2) is 6.30. The summed E-state index contributed by atoms with van der Waals surface area (Å²) >= 11 is 6.03. The van der Waals surface area contributed by atoms with Crippen molar-refractivity contribution in [3.8, 4) is 11.3 Å². The summed E-state index contributed by atoms with van der Waals surface area (Å²) in [6.45, 7) is 2.45. The molecule has 0 aliphatic carbocycles. The number of hydrogen-bond acceptors (Lipinski definition) is 3. The predicted octanol–water partition coefficient (Wildman–Crippen LogP) is 3.45. The lowest BCUT2D eigenvalue weighted by Crippen LogP contribution is -2.04. The van der Waals surface area contributed by atoms with Gasteiger partial charge in [0, 0.05) is 10.6 Å². The minimum absolute atomic E-state index is 0.140. The van der Waals surface area contributed by atoms with E-state index >= 15 is 0 Å². The van der Waals surface area contributed by atoms with E-state index in [4.69, 9.17) is 11.6 Å². The van der Waals surface area contributed by atoms with Crippen molar-refractivity contribution in [2.45, 2.75) is 20.1 Å². The molecule has 1 aromatic heterocycles. The third-order valence-corrected chi connectivity index (χ3v) is 3.74. The van der Waals surface area contributed by atoms with Gasteiger partial charge in [0.05, 0.1) is 18.8 Å². The summed E-state index contributed by atoms with van der Waals surface area (Å²) in [6, 6.07) is 15.7. The van der Waals surface area contributed by atoms with Gasteiger partial charge in [0.2, 0.25) is 0 Å². The van der Waals surface area contributed by atoms with Gasteiger partial charge in [-0.3, -0.25) is 0 Å². The van der Waals surface area contributed by atoms with Crippen LogP contribution < -0.4 is 0 Å². The molecule has 5 heteroatoms. The molecule has 4 nitrogen and oxygen atoms in total. The van der Waals surface area contributed by atoms with Gasteiger partial charge in [-0.25, -0.2) is 4.68 Å². The summed E-state index contributed by atoms with van der Waals surface area (Å²) in [6.07, 6.45) is 0. The molecule has 0 radical (unpaired) electrons. The molecule has 3 rings (SSSR count). The molecule has 0 aliphatic heterocycles. The number of rotatable bonds is 4. The first-order valence-corrected chi connectivity index (χ1v) is 7.40. The van der Waals surface area contributed by atoms with Crippen molar-refractivity contribution in [2.75, 3.05) is 0 Å². The highest BCUT2D eigenvalue weighted by molar-refractivity contribution is 6.30. The van der Waals surface area contributed by atoms with Crippen LogP contribution in [0, 0.1) is 6.92 Å². The maximum absolute atomic E-state index is 9.52. The Kier molecular flexibility index (Phi) is 4.22. The zero-order valence-corrected chi connectivity index (χ0v) is 13.0. The molecule has 22 heavy (non-hydrogen) atoms. The molecule has 1 heterocycles. The van der Waals surface area contributed by atoms with E-state index in [0.29, 0.717) is 17.3 Å². The van der Waals surface area contributed by atoms with E-state index in [-0.39, 0.29) is 6.61 Å². The standard InChI is InChI=1S/C17H16ClN3O/c1-12-5-7-14(8-6-12)17-16(11-22)19-20-21(17)10-13-3-2-4-15(18)9-13/h2-9,22H,10-11H2,1H3. The smallest absolute Gasteiger partial charge is 0.116 e. The Morgan fingerprint density at radius 2 is 1.91 bits per heavy atom. The van der Waals surface area contributed by atoms with Crippen LogP contribution in [0.15, 0.2) is 48.5 Å². The minimum Gasteiger partial charge on any atom is -0.390 e. The summed E-state index contributed by atoms with van der Waals surface area (Å²) in [5.41, 5.74) is 4.62. The fourth-order valence-corrected chi connectivity index (χ4v) is 2.61. The topological polar surface area (TPSA) is 50.9 Å². The number of benzene rings is 2. The fourth-order valence-electron chi connectivity index (χ4n) is 2.40. The molecule has 112 valence electrons. The molecule has 3 aromatic rings. The Morgan fingerprint density at radius 3 is 2.59 bits per heavy atom. The van der Waals surface area contributed by atoms with E-state index in [0.717, 1.165) is 16.8 Å². The quantitative estimate of drug-likeness (QED) is 0.802. The number of aliphatic hydroxyl groups is 1. The maximum Gasteiger partial charge on any atom is 0.116 e. The number of nitrogens with zero attached hydrogens (tertiary/aromatic N) is 3. The van der Waals surface area contributed by atoms with Crippen molar-refractivity contribution in [3.05, 3.63) is 70.4 Å². The van der Waals surface area contributed by atoms with Gasteiger partial charge in [-0.15, -0.1) is 5.10 Å². The summed E-state index contributed by atoms with van der Waals surface area (Å²) in [5.74, 6) is 0. The van der Waals surface area contributed by atoms with Crippen molar-refractivity contribution in [3.63, 3.8) is 0 Å². The lowest BCUT2D eigenvalue weighted by molar-refractivity contribution is 0.277.